The Kier molecular flexibility index (Phi) is 8.11. The Morgan fingerprint density at radius 1 is 0.880 bits per heavy atom. The molecule has 0 unspecified atom stereocenters. The summed E-state index contributed by atoms with van der Waals surface area (Å²) in [5.74, 6) is 0.584. The first kappa shape index (κ1) is 20.1. The smallest absolute Gasteiger partial charge is 0.403 e. The van der Waals surface area contributed by atoms with Gasteiger partial charge in [-0.1, -0.05) is 73.7 Å². The van der Waals surface area contributed by atoms with Crippen molar-refractivity contribution >= 4 is 30.9 Å². The predicted molar refractivity (Wildman–Crippen MR) is 104 cm³/mol. The van der Waals surface area contributed by atoms with Gasteiger partial charge in [0.1, 0.15) is 11.5 Å². The van der Waals surface area contributed by atoms with Crippen LogP contribution in [0.4, 0.5) is 0 Å². The molecule has 2 aromatic carbocycles. The minimum atomic E-state index is -3.68. The maximum absolute atomic E-state index is 13.2. The second kappa shape index (κ2) is 10.1. The van der Waals surface area contributed by atoms with Gasteiger partial charge in [-0.05, 0) is 30.7 Å². The van der Waals surface area contributed by atoms with E-state index in [0.29, 0.717) is 28.1 Å². The number of para-hydroxylation sites is 2. The molecule has 0 aliphatic rings. The standard InChI is InChI=1S/C18H22Cl2NO3P/c1-2-3-4-9-14-21-25(22,23-17-12-7-5-10-15(17)19)24-18-13-8-6-11-16(18)20/h5-8,10-13H,2-4,9,14H2,1H3,(H,21,22). The van der Waals surface area contributed by atoms with Gasteiger partial charge in [0.15, 0.2) is 0 Å². The summed E-state index contributed by atoms with van der Waals surface area (Å²) >= 11 is 12.2. The molecule has 0 amide bonds. The lowest BCUT2D eigenvalue weighted by Gasteiger charge is -2.21. The first-order chi connectivity index (χ1) is 12.0. The van der Waals surface area contributed by atoms with Gasteiger partial charge in [-0.25, -0.2) is 9.65 Å². The molecule has 0 saturated carbocycles. The highest BCUT2D eigenvalue weighted by molar-refractivity contribution is 7.52. The van der Waals surface area contributed by atoms with Gasteiger partial charge in [-0.3, -0.25) is 0 Å². The zero-order valence-electron chi connectivity index (χ0n) is 14.1. The summed E-state index contributed by atoms with van der Waals surface area (Å²) in [7, 11) is -3.68. The van der Waals surface area contributed by atoms with E-state index in [1.54, 1.807) is 48.5 Å². The van der Waals surface area contributed by atoms with Crippen molar-refractivity contribution in [3.63, 3.8) is 0 Å². The molecule has 0 heterocycles. The number of benzene rings is 2. The Balaban J connectivity index is 2.14. The van der Waals surface area contributed by atoms with Gasteiger partial charge in [-0.2, -0.15) is 0 Å². The van der Waals surface area contributed by atoms with Gasteiger partial charge >= 0.3 is 7.75 Å². The van der Waals surface area contributed by atoms with E-state index in [1.807, 2.05) is 0 Å². The zero-order chi connectivity index (χ0) is 18.1. The first-order valence-electron chi connectivity index (χ1n) is 8.27. The lowest BCUT2D eigenvalue weighted by molar-refractivity contribution is 0.370. The highest BCUT2D eigenvalue weighted by Gasteiger charge is 2.29. The van der Waals surface area contributed by atoms with Gasteiger partial charge in [0, 0.05) is 6.54 Å². The van der Waals surface area contributed by atoms with Crippen molar-refractivity contribution in [2.45, 2.75) is 32.6 Å². The summed E-state index contributed by atoms with van der Waals surface area (Å²) in [6.45, 7) is 2.64. The molecule has 4 nitrogen and oxygen atoms in total. The molecule has 25 heavy (non-hydrogen) atoms. The summed E-state index contributed by atoms with van der Waals surface area (Å²) in [5.41, 5.74) is 0. The normalized spacial score (nSPS) is 11.3. The van der Waals surface area contributed by atoms with Crippen LogP contribution in [0, 0.1) is 0 Å². The fourth-order valence-corrected chi connectivity index (χ4v) is 4.04. The molecule has 2 rings (SSSR count). The molecule has 136 valence electrons. The molecule has 0 spiro atoms. The molecule has 0 fully saturated rings. The summed E-state index contributed by atoms with van der Waals surface area (Å²) < 4.78 is 24.5. The number of unbranched alkanes of at least 4 members (excludes halogenated alkanes) is 3. The Morgan fingerprint density at radius 3 is 1.88 bits per heavy atom. The summed E-state index contributed by atoms with van der Waals surface area (Å²) in [6, 6.07) is 13.7. The predicted octanol–water partition coefficient (Wildman–Crippen LogP) is 6.73. The number of halogens is 2. The molecule has 0 aliphatic carbocycles. The SMILES string of the molecule is CCCCCCNP(=O)(Oc1ccccc1Cl)Oc1ccccc1Cl. The topological polar surface area (TPSA) is 47.6 Å². The fraction of sp³-hybridized carbons (Fsp3) is 0.333. The molecule has 0 radical (unpaired) electrons. The number of rotatable bonds is 10. The van der Waals surface area contributed by atoms with E-state index in [2.05, 4.69) is 12.0 Å². The first-order valence-corrected chi connectivity index (χ1v) is 10.6. The Bertz CT molecular complexity index is 675. The third kappa shape index (κ3) is 6.56. The van der Waals surface area contributed by atoms with Crippen LogP contribution in [0.5, 0.6) is 11.5 Å². The summed E-state index contributed by atoms with van der Waals surface area (Å²) in [4.78, 5) is 0. The molecule has 0 atom stereocenters. The zero-order valence-corrected chi connectivity index (χ0v) is 16.5. The molecule has 0 aromatic heterocycles. The number of nitrogens with one attached hydrogen (secondary N) is 1. The molecule has 0 aliphatic heterocycles. The lowest BCUT2D eigenvalue weighted by atomic mass is 10.2. The Hall–Kier alpha value is -1.19. The molecular formula is C18H22Cl2NO3P. The van der Waals surface area contributed by atoms with Gasteiger partial charge < -0.3 is 9.05 Å². The number of hydrogen-bond donors (Lipinski definition) is 1. The maximum Gasteiger partial charge on any atom is 0.512 e. The summed E-state index contributed by atoms with van der Waals surface area (Å²) in [6.07, 6.45) is 4.17. The average molecular weight is 402 g/mol. The second-order valence-electron chi connectivity index (χ2n) is 5.51. The Morgan fingerprint density at radius 2 is 1.40 bits per heavy atom. The van der Waals surface area contributed by atoms with Crippen LogP contribution in [0.2, 0.25) is 10.0 Å². The molecular weight excluding hydrogens is 380 g/mol. The monoisotopic (exact) mass is 401 g/mol. The Labute approximate surface area is 159 Å². The van der Waals surface area contributed by atoms with Gasteiger partial charge in [0.2, 0.25) is 0 Å². The maximum atomic E-state index is 13.2. The van der Waals surface area contributed by atoms with Crippen molar-refractivity contribution in [2.24, 2.45) is 0 Å². The summed E-state index contributed by atoms with van der Waals surface area (Å²) in [5, 5.41) is 3.62. The van der Waals surface area contributed by atoms with E-state index in [9.17, 15) is 4.57 Å². The van der Waals surface area contributed by atoms with Crippen LogP contribution in [0.25, 0.3) is 0 Å². The molecule has 0 saturated heterocycles. The van der Waals surface area contributed by atoms with Crippen molar-refractivity contribution in [2.75, 3.05) is 6.54 Å². The van der Waals surface area contributed by atoms with Gasteiger partial charge in [0.25, 0.3) is 0 Å². The number of hydrogen-bond acceptors (Lipinski definition) is 3. The van der Waals surface area contributed by atoms with Crippen molar-refractivity contribution in [3.05, 3.63) is 58.6 Å². The van der Waals surface area contributed by atoms with Crippen molar-refractivity contribution < 1.29 is 13.6 Å². The van der Waals surface area contributed by atoms with Crippen LogP contribution in [-0.4, -0.2) is 6.54 Å². The largest absolute Gasteiger partial charge is 0.512 e. The third-order valence-corrected chi connectivity index (χ3v) is 5.56. The van der Waals surface area contributed by atoms with E-state index in [-0.39, 0.29) is 0 Å². The van der Waals surface area contributed by atoms with E-state index in [4.69, 9.17) is 32.2 Å². The fourth-order valence-electron chi connectivity index (χ4n) is 2.15. The minimum absolute atomic E-state index is 0.292. The highest BCUT2D eigenvalue weighted by atomic mass is 35.5. The van der Waals surface area contributed by atoms with Crippen LogP contribution < -0.4 is 14.1 Å². The minimum Gasteiger partial charge on any atom is -0.403 e. The van der Waals surface area contributed by atoms with Crippen molar-refractivity contribution in [3.8, 4) is 11.5 Å². The van der Waals surface area contributed by atoms with E-state index >= 15 is 0 Å². The molecule has 1 N–H and O–H groups in total. The van der Waals surface area contributed by atoms with Crippen molar-refractivity contribution in [1.29, 1.82) is 0 Å². The van der Waals surface area contributed by atoms with Gasteiger partial charge in [0.05, 0.1) is 10.0 Å². The average Bonchev–Trinajstić information content (AvgIpc) is 2.59. The molecule has 0 bridgehead atoms. The van der Waals surface area contributed by atoms with Gasteiger partial charge in [-0.15, -0.1) is 0 Å². The quantitative estimate of drug-likeness (QED) is 0.354. The van der Waals surface area contributed by atoms with Crippen molar-refractivity contribution in [1.82, 2.24) is 5.09 Å². The second-order valence-corrected chi connectivity index (χ2v) is 8.00. The highest BCUT2D eigenvalue weighted by Crippen LogP contribution is 2.47. The van der Waals surface area contributed by atoms with E-state index in [1.165, 1.54) is 0 Å². The van der Waals surface area contributed by atoms with Crippen LogP contribution in [0.15, 0.2) is 48.5 Å². The van der Waals surface area contributed by atoms with E-state index in [0.717, 1.165) is 25.7 Å². The van der Waals surface area contributed by atoms with E-state index < -0.39 is 7.75 Å². The van der Waals surface area contributed by atoms with Crippen LogP contribution in [0.3, 0.4) is 0 Å². The van der Waals surface area contributed by atoms with Crippen LogP contribution in [0.1, 0.15) is 32.6 Å². The lowest BCUT2D eigenvalue weighted by Crippen LogP contribution is -2.20. The van der Waals surface area contributed by atoms with Crippen LogP contribution in [-0.2, 0) is 4.57 Å². The molecule has 7 heteroatoms. The molecule has 2 aromatic rings. The van der Waals surface area contributed by atoms with Crippen LogP contribution >= 0.6 is 30.9 Å². The third-order valence-electron chi connectivity index (χ3n) is 3.45.